The minimum Gasteiger partial charge on any atom is -0.390 e. The summed E-state index contributed by atoms with van der Waals surface area (Å²) in [4.78, 5) is 23.0. The summed E-state index contributed by atoms with van der Waals surface area (Å²) in [6.07, 6.45) is 13.2. The van der Waals surface area contributed by atoms with Crippen molar-refractivity contribution in [1.29, 1.82) is 0 Å². The van der Waals surface area contributed by atoms with Crippen molar-refractivity contribution < 1.29 is 14.6 Å². The second-order valence-electron chi connectivity index (χ2n) is 11.2. The Morgan fingerprint density at radius 2 is 1.78 bits per heavy atom. The predicted octanol–water partition coefficient (Wildman–Crippen LogP) is 3.39. The molecule has 32 heavy (non-hydrogen) atoms. The van der Waals surface area contributed by atoms with Gasteiger partial charge in [-0.25, -0.2) is 9.97 Å². The summed E-state index contributed by atoms with van der Waals surface area (Å²) in [7, 11) is 0. The number of amides is 1. The third-order valence-electron chi connectivity index (χ3n) is 8.90. The van der Waals surface area contributed by atoms with E-state index in [9.17, 15) is 9.90 Å². The number of aliphatic hydroxyl groups is 1. The number of nitrogens with zero attached hydrogens (tertiary/aromatic N) is 2. The zero-order chi connectivity index (χ0) is 21.7. The largest absolute Gasteiger partial charge is 0.390 e. The van der Waals surface area contributed by atoms with Gasteiger partial charge in [-0.15, -0.1) is 0 Å². The number of ether oxygens (including phenoxy) is 1. The van der Waals surface area contributed by atoms with Crippen molar-refractivity contribution >= 4 is 11.9 Å². The molecule has 0 spiro atoms. The molecule has 3 N–H and O–H groups in total. The van der Waals surface area contributed by atoms with Crippen LogP contribution in [0.4, 0.5) is 5.95 Å². The van der Waals surface area contributed by atoms with Crippen LogP contribution in [0.3, 0.4) is 0 Å². The molecule has 7 rings (SSSR count). The van der Waals surface area contributed by atoms with E-state index in [4.69, 9.17) is 9.72 Å². The lowest BCUT2D eigenvalue weighted by Crippen LogP contribution is -2.61. The lowest BCUT2D eigenvalue weighted by Gasteiger charge is -2.58. The molecule has 1 aromatic heterocycles. The molecule has 2 heterocycles. The topological polar surface area (TPSA) is 96.4 Å². The highest BCUT2D eigenvalue weighted by Crippen LogP contribution is 2.55. The van der Waals surface area contributed by atoms with Gasteiger partial charge < -0.3 is 20.5 Å². The summed E-state index contributed by atoms with van der Waals surface area (Å²) in [6, 6.07) is 0.509. The Hall–Kier alpha value is -1.73. The minimum atomic E-state index is -0.479. The van der Waals surface area contributed by atoms with Crippen molar-refractivity contribution in [1.82, 2.24) is 15.3 Å². The molecule has 0 aromatic carbocycles. The van der Waals surface area contributed by atoms with Crippen molar-refractivity contribution in [2.75, 3.05) is 18.5 Å². The van der Waals surface area contributed by atoms with Gasteiger partial charge in [-0.2, -0.15) is 0 Å². The van der Waals surface area contributed by atoms with Crippen LogP contribution in [0.25, 0.3) is 0 Å². The van der Waals surface area contributed by atoms with Crippen LogP contribution in [0.5, 0.6) is 0 Å². The van der Waals surface area contributed by atoms with E-state index in [-0.39, 0.29) is 11.9 Å². The molecule has 5 atom stereocenters. The zero-order valence-electron chi connectivity index (χ0n) is 18.9. The molecule has 4 bridgehead atoms. The minimum absolute atomic E-state index is 0.0195. The van der Waals surface area contributed by atoms with Crippen LogP contribution >= 0.6 is 0 Å². The molecule has 6 aliphatic rings. The second kappa shape index (κ2) is 8.24. The quantitative estimate of drug-likeness (QED) is 0.649. The van der Waals surface area contributed by atoms with Crippen LogP contribution in [0.1, 0.15) is 92.6 Å². The Morgan fingerprint density at radius 3 is 2.47 bits per heavy atom. The van der Waals surface area contributed by atoms with Crippen LogP contribution in [0.15, 0.2) is 6.20 Å². The smallest absolute Gasteiger partial charge is 0.254 e. The molecule has 1 aliphatic heterocycles. The Bertz CT molecular complexity index is 849. The molecule has 6 fully saturated rings. The molecular weight excluding hydrogens is 404 g/mol. The predicted molar refractivity (Wildman–Crippen MR) is 120 cm³/mol. The van der Waals surface area contributed by atoms with Crippen molar-refractivity contribution in [3.63, 3.8) is 0 Å². The number of aromatic nitrogens is 2. The Morgan fingerprint density at radius 1 is 1.06 bits per heavy atom. The molecule has 1 amide bonds. The first-order valence-corrected chi connectivity index (χ1v) is 12.8. The van der Waals surface area contributed by atoms with Gasteiger partial charge in [0.1, 0.15) is 0 Å². The maximum Gasteiger partial charge on any atom is 0.254 e. The average molecular weight is 441 g/mol. The summed E-state index contributed by atoms with van der Waals surface area (Å²) in [6.45, 7) is 1.54. The normalized spacial score (nSPS) is 37.0. The van der Waals surface area contributed by atoms with E-state index >= 15 is 0 Å². The molecule has 1 aromatic rings. The summed E-state index contributed by atoms with van der Waals surface area (Å²) in [5.41, 5.74) is 1.10. The molecule has 5 aliphatic carbocycles. The summed E-state index contributed by atoms with van der Waals surface area (Å²) in [5.74, 6) is 2.41. The molecule has 3 unspecified atom stereocenters. The molecule has 7 heteroatoms. The molecule has 1 saturated heterocycles. The molecular formula is C25H36N4O3. The van der Waals surface area contributed by atoms with Gasteiger partial charge in [0.05, 0.1) is 16.9 Å². The lowest BCUT2D eigenvalue weighted by atomic mass is 9.52. The van der Waals surface area contributed by atoms with Crippen LogP contribution < -0.4 is 10.6 Å². The van der Waals surface area contributed by atoms with Crippen molar-refractivity contribution in [2.24, 2.45) is 17.8 Å². The van der Waals surface area contributed by atoms with Gasteiger partial charge in [-0.3, -0.25) is 4.79 Å². The third-order valence-corrected chi connectivity index (χ3v) is 8.90. The molecule has 0 radical (unpaired) electrons. The summed E-state index contributed by atoms with van der Waals surface area (Å²) in [5, 5.41) is 17.7. The van der Waals surface area contributed by atoms with Gasteiger partial charge in [0.25, 0.3) is 5.91 Å². The van der Waals surface area contributed by atoms with E-state index in [1.54, 1.807) is 6.20 Å². The number of nitrogens with one attached hydrogen (secondary N) is 2. The van der Waals surface area contributed by atoms with Crippen molar-refractivity contribution in [2.45, 2.75) is 94.2 Å². The first kappa shape index (κ1) is 20.8. The van der Waals surface area contributed by atoms with Gasteiger partial charge in [0, 0.05) is 37.4 Å². The lowest BCUT2D eigenvalue weighted by molar-refractivity contribution is -0.136. The SMILES string of the molecule is O=C(NC1[C@@H]2CC3C[C@H]1CC(O)(C3)C2)c1cnc(NC2CCOCC2)nc1C1CCCC1. The van der Waals surface area contributed by atoms with Gasteiger partial charge in [0.15, 0.2) is 0 Å². The van der Waals surface area contributed by atoms with Crippen molar-refractivity contribution in [3.8, 4) is 0 Å². The van der Waals surface area contributed by atoms with Crippen LogP contribution in [-0.4, -0.2) is 51.9 Å². The maximum absolute atomic E-state index is 13.5. The zero-order valence-corrected chi connectivity index (χ0v) is 18.9. The molecule has 7 nitrogen and oxygen atoms in total. The fraction of sp³-hybridized carbons (Fsp3) is 0.800. The fourth-order valence-corrected chi connectivity index (χ4v) is 7.62. The number of hydrogen-bond donors (Lipinski definition) is 3. The molecule has 174 valence electrons. The van der Waals surface area contributed by atoms with Gasteiger partial charge in [-0.1, -0.05) is 12.8 Å². The van der Waals surface area contributed by atoms with Crippen LogP contribution in [0, 0.1) is 17.8 Å². The van der Waals surface area contributed by atoms with Gasteiger partial charge in [0.2, 0.25) is 5.95 Å². The monoisotopic (exact) mass is 440 g/mol. The van der Waals surface area contributed by atoms with Crippen LogP contribution in [0.2, 0.25) is 0 Å². The number of anilines is 1. The van der Waals surface area contributed by atoms with E-state index < -0.39 is 5.60 Å². The van der Waals surface area contributed by atoms with E-state index in [0.717, 1.165) is 76.7 Å². The van der Waals surface area contributed by atoms with E-state index in [2.05, 4.69) is 15.6 Å². The highest BCUT2D eigenvalue weighted by molar-refractivity contribution is 5.95. The van der Waals surface area contributed by atoms with E-state index in [0.29, 0.717) is 41.2 Å². The number of rotatable bonds is 5. The highest BCUT2D eigenvalue weighted by atomic mass is 16.5. The summed E-state index contributed by atoms with van der Waals surface area (Å²) >= 11 is 0. The van der Waals surface area contributed by atoms with Gasteiger partial charge in [-0.05, 0) is 75.5 Å². The van der Waals surface area contributed by atoms with Gasteiger partial charge >= 0.3 is 0 Å². The Labute approximate surface area is 190 Å². The van der Waals surface area contributed by atoms with Crippen molar-refractivity contribution in [3.05, 3.63) is 17.5 Å². The number of carbonyl (C=O) groups is 1. The van der Waals surface area contributed by atoms with E-state index in [1.807, 2.05) is 0 Å². The average Bonchev–Trinajstić information content (AvgIpc) is 3.30. The fourth-order valence-electron chi connectivity index (χ4n) is 7.62. The first-order chi connectivity index (χ1) is 15.6. The van der Waals surface area contributed by atoms with Crippen LogP contribution in [-0.2, 0) is 4.74 Å². The first-order valence-electron chi connectivity index (χ1n) is 12.8. The number of hydrogen-bond acceptors (Lipinski definition) is 6. The Kier molecular flexibility index (Phi) is 5.37. The third kappa shape index (κ3) is 3.92. The van der Waals surface area contributed by atoms with E-state index in [1.165, 1.54) is 12.8 Å². The standard InChI is InChI=1S/C25H36N4O3/c30-23(28-21-17-9-15-10-18(21)13-25(31,11-15)12-17)20-14-26-24(27-19-5-7-32-8-6-19)29-22(20)16-3-1-2-4-16/h14-19,21,31H,1-13H2,(H,28,30)(H,26,27,29)/t15?,17-,18+,21?,25?. The maximum atomic E-state index is 13.5. The second-order valence-corrected chi connectivity index (χ2v) is 11.2. The number of carbonyl (C=O) groups excluding carboxylic acids is 1. The summed E-state index contributed by atoms with van der Waals surface area (Å²) < 4.78 is 5.46. The molecule has 5 saturated carbocycles. The highest BCUT2D eigenvalue weighted by Gasteiger charge is 2.55. The Balaban J connectivity index is 1.22.